The Balaban J connectivity index is 1.40. The van der Waals surface area contributed by atoms with E-state index in [0.717, 1.165) is 37.1 Å². The van der Waals surface area contributed by atoms with Gasteiger partial charge in [-0.2, -0.15) is 0 Å². The maximum absolute atomic E-state index is 12.1. The lowest BCUT2D eigenvalue weighted by atomic mass is 10.2. The standard InChI is InChI=1S/C22H26N2O4/c1-16(22(26)24-18-9-5-6-10-18)28-21(25)15-27-20-13-11-19(12-14-20)23-17-7-3-2-4-8-17/h2-4,7-8,11-14,16,18,23H,5-6,9-10,15H2,1H3,(H,24,26)/t16-/m0/s1. The second kappa shape index (κ2) is 9.78. The van der Waals surface area contributed by atoms with Crippen molar-refractivity contribution in [2.24, 2.45) is 0 Å². The summed E-state index contributed by atoms with van der Waals surface area (Å²) in [6.45, 7) is 1.33. The molecule has 148 valence electrons. The highest BCUT2D eigenvalue weighted by Gasteiger charge is 2.23. The number of nitrogens with one attached hydrogen (secondary N) is 2. The Morgan fingerprint density at radius 2 is 1.64 bits per heavy atom. The van der Waals surface area contributed by atoms with Gasteiger partial charge in [0.05, 0.1) is 0 Å². The Kier molecular flexibility index (Phi) is 6.89. The van der Waals surface area contributed by atoms with Crippen LogP contribution in [0.4, 0.5) is 11.4 Å². The molecule has 2 aromatic rings. The molecule has 0 heterocycles. The zero-order valence-electron chi connectivity index (χ0n) is 16.0. The van der Waals surface area contributed by atoms with Gasteiger partial charge in [0, 0.05) is 17.4 Å². The molecule has 1 saturated carbocycles. The average molecular weight is 382 g/mol. The third kappa shape index (κ3) is 6.01. The first kappa shape index (κ1) is 19.7. The van der Waals surface area contributed by atoms with E-state index in [-0.39, 0.29) is 18.6 Å². The molecule has 0 unspecified atom stereocenters. The average Bonchev–Trinajstić information content (AvgIpc) is 3.21. The summed E-state index contributed by atoms with van der Waals surface area (Å²) < 4.78 is 10.6. The topological polar surface area (TPSA) is 76.7 Å². The number of amides is 1. The predicted molar refractivity (Wildman–Crippen MR) is 108 cm³/mol. The molecular formula is C22H26N2O4. The third-order valence-electron chi connectivity index (χ3n) is 4.65. The summed E-state index contributed by atoms with van der Waals surface area (Å²) >= 11 is 0. The van der Waals surface area contributed by atoms with Gasteiger partial charge in [-0.3, -0.25) is 4.79 Å². The van der Waals surface area contributed by atoms with Gasteiger partial charge in [-0.1, -0.05) is 31.0 Å². The summed E-state index contributed by atoms with van der Waals surface area (Å²) in [5, 5.41) is 6.19. The summed E-state index contributed by atoms with van der Waals surface area (Å²) in [5.74, 6) is -0.268. The molecular weight excluding hydrogens is 356 g/mol. The van der Waals surface area contributed by atoms with E-state index in [4.69, 9.17) is 9.47 Å². The van der Waals surface area contributed by atoms with Gasteiger partial charge >= 0.3 is 5.97 Å². The largest absolute Gasteiger partial charge is 0.482 e. The fourth-order valence-corrected chi connectivity index (χ4v) is 3.14. The molecule has 3 rings (SSSR count). The molecule has 2 N–H and O–H groups in total. The smallest absolute Gasteiger partial charge is 0.344 e. The van der Waals surface area contributed by atoms with Crippen molar-refractivity contribution < 1.29 is 19.1 Å². The minimum Gasteiger partial charge on any atom is -0.482 e. The number of esters is 1. The zero-order chi connectivity index (χ0) is 19.8. The molecule has 6 heteroatoms. The van der Waals surface area contributed by atoms with Crippen LogP contribution >= 0.6 is 0 Å². The molecule has 0 saturated heterocycles. The van der Waals surface area contributed by atoms with E-state index < -0.39 is 12.1 Å². The molecule has 0 spiro atoms. The number of carbonyl (C=O) groups is 2. The molecule has 1 fully saturated rings. The van der Waals surface area contributed by atoms with E-state index in [1.807, 2.05) is 42.5 Å². The highest BCUT2D eigenvalue weighted by molar-refractivity contribution is 5.83. The van der Waals surface area contributed by atoms with Gasteiger partial charge < -0.3 is 20.1 Å². The fourth-order valence-electron chi connectivity index (χ4n) is 3.14. The van der Waals surface area contributed by atoms with Crippen LogP contribution in [-0.4, -0.2) is 30.6 Å². The lowest BCUT2D eigenvalue weighted by molar-refractivity contribution is -0.156. The molecule has 6 nitrogen and oxygen atoms in total. The number of rotatable bonds is 8. The third-order valence-corrected chi connectivity index (χ3v) is 4.65. The molecule has 1 atom stereocenters. The maximum atomic E-state index is 12.1. The summed E-state index contributed by atoms with van der Waals surface area (Å²) in [6, 6.07) is 17.3. The molecule has 1 aliphatic rings. The maximum Gasteiger partial charge on any atom is 0.344 e. The highest BCUT2D eigenvalue weighted by atomic mass is 16.6. The molecule has 0 aromatic heterocycles. The normalized spacial score (nSPS) is 14.9. The Labute approximate surface area is 165 Å². The van der Waals surface area contributed by atoms with Crippen molar-refractivity contribution in [3.63, 3.8) is 0 Å². The zero-order valence-corrected chi connectivity index (χ0v) is 16.0. The summed E-state index contributed by atoms with van der Waals surface area (Å²) in [4.78, 5) is 24.0. The molecule has 1 amide bonds. The van der Waals surface area contributed by atoms with Gasteiger partial charge in [0.2, 0.25) is 0 Å². The van der Waals surface area contributed by atoms with Gasteiger partial charge in [0.15, 0.2) is 12.7 Å². The molecule has 0 radical (unpaired) electrons. The van der Waals surface area contributed by atoms with Gasteiger partial charge in [-0.25, -0.2) is 4.79 Å². The van der Waals surface area contributed by atoms with Crippen molar-refractivity contribution in [3.05, 3.63) is 54.6 Å². The summed E-state index contributed by atoms with van der Waals surface area (Å²) in [6.07, 6.45) is 3.42. The Morgan fingerprint density at radius 3 is 2.32 bits per heavy atom. The van der Waals surface area contributed by atoms with E-state index in [9.17, 15) is 9.59 Å². The van der Waals surface area contributed by atoms with Gasteiger partial charge in [-0.15, -0.1) is 0 Å². The number of carbonyl (C=O) groups excluding carboxylic acids is 2. The Morgan fingerprint density at radius 1 is 1.00 bits per heavy atom. The van der Waals surface area contributed by atoms with Crippen LogP contribution in [0.3, 0.4) is 0 Å². The van der Waals surface area contributed by atoms with E-state index in [0.29, 0.717) is 5.75 Å². The predicted octanol–water partition coefficient (Wildman–Crippen LogP) is 3.80. The van der Waals surface area contributed by atoms with Crippen molar-refractivity contribution in [1.29, 1.82) is 0 Å². The highest BCUT2D eigenvalue weighted by Crippen LogP contribution is 2.20. The number of para-hydroxylation sites is 1. The molecule has 0 bridgehead atoms. The van der Waals surface area contributed by atoms with E-state index >= 15 is 0 Å². The van der Waals surface area contributed by atoms with Crippen LogP contribution in [0, 0.1) is 0 Å². The SMILES string of the molecule is C[C@H](OC(=O)COc1ccc(Nc2ccccc2)cc1)C(=O)NC1CCCC1. The van der Waals surface area contributed by atoms with Crippen LogP contribution in [0.25, 0.3) is 0 Å². The van der Waals surface area contributed by atoms with Crippen molar-refractivity contribution in [3.8, 4) is 5.75 Å². The van der Waals surface area contributed by atoms with E-state index in [2.05, 4.69) is 10.6 Å². The van der Waals surface area contributed by atoms with Crippen molar-refractivity contribution in [2.45, 2.75) is 44.8 Å². The van der Waals surface area contributed by atoms with Crippen LogP contribution in [0.1, 0.15) is 32.6 Å². The molecule has 1 aliphatic carbocycles. The van der Waals surface area contributed by atoms with Crippen LogP contribution < -0.4 is 15.4 Å². The first-order valence-corrected chi connectivity index (χ1v) is 9.65. The summed E-state index contributed by atoms with van der Waals surface area (Å²) in [5.41, 5.74) is 1.91. The van der Waals surface area contributed by atoms with Crippen LogP contribution in [0.15, 0.2) is 54.6 Å². The first-order chi connectivity index (χ1) is 13.6. The molecule has 0 aliphatic heterocycles. The molecule has 28 heavy (non-hydrogen) atoms. The van der Waals surface area contributed by atoms with Crippen molar-refractivity contribution in [2.75, 3.05) is 11.9 Å². The fraction of sp³-hybridized carbons (Fsp3) is 0.364. The summed E-state index contributed by atoms with van der Waals surface area (Å²) in [7, 11) is 0. The number of hydrogen-bond acceptors (Lipinski definition) is 5. The van der Waals surface area contributed by atoms with Gasteiger partial charge in [0.1, 0.15) is 5.75 Å². The van der Waals surface area contributed by atoms with Gasteiger partial charge in [-0.05, 0) is 56.2 Å². The Bertz CT molecular complexity index is 771. The number of benzene rings is 2. The second-order valence-corrected chi connectivity index (χ2v) is 6.93. The lowest BCUT2D eigenvalue weighted by Crippen LogP contribution is -2.41. The monoisotopic (exact) mass is 382 g/mol. The van der Waals surface area contributed by atoms with Crippen molar-refractivity contribution in [1.82, 2.24) is 5.32 Å². The lowest BCUT2D eigenvalue weighted by Gasteiger charge is -2.17. The van der Waals surface area contributed by atoms with E-state index in [1.165, 1.54) is 0 Å². The number of anilines is 2. The van der Waals surface area contributed by atoms with Crippen LogP contribution in [0.5, 0.6) is 5.75 Å². The van der Waals surface area contributed by atoms with Gasteiger partial charge in [0.25, 0.3) is 5.91 Å². The minimum atomic E-state index is -0.825. The van der Waals surface area contributed by atoms with Crippen molar-refractivity contribution >= 4 is 23.3 Å². The molecule has 2 aromatic carbocycles. The number of ether oxygens (including phenoxy) is 2. The van der Waals surface area contributed by atoms with Crippen LogP contribution in [-0.2, 0) is 14.3 Å². The first-order valence-electron chi connectivity index (χ1n) is 9.65. The van der Waals surface area contributed by atoms with E-state index in [1.54, 1.807) is 19.1 Å². The minimum absolute atomic E-state index is 0.202. The Hall–Kier alpha value is -3.02. The van der Waals surface area contributed by atoms with Crippen LogP contribution in [0.2, 0.25) is 0 Å². The number of hydrogen-bond donors (Lipinski definition) is 2. The second-order valence-electron chi connectivity index (χ2n) is 6.93. The quantitative estimate of drug-likeness (QED) is 0.679.